The first kappa shape index (κ1) is 12.0. The van der Waals surface area contributed by atoms with Crippen LogP contribution in [-0.4, -0.2) is 15.3 Å². The molecule has 0 bridgehead atoms. The average Bonchev–Trinajstić information content (AvgIpc) is 2.97. The molecule has 19 heavy (non-hydrogen) atoms. The van der Waals surface area contributed by atoms with E-state index in [1.807, 2.05) is 10.5 Å². The van der Waals surface area contributed by atoms with Crippen LogP contribution in [0.2, 0.25) is 0 Å². The number of carbonyl (C=O) groups excluding carboxylic acids is 1. The fourth-order valence-electron chi connectivity index (χ4n) is 1.77. The SMILES string of the molecule is Cc1ccc(C(=O)Nc2ccc3ncc(Br)n3c2)o1. The molecule has 0 aliphatic carbocycles. The number of carbonyl (C=O) groups is 1. The molecule has 0 aromatic carbocycles. The molecule has 0 saturated carbocycles. The maximum absolute atomic E-state index is 11.9. The lowest BCUT2D eigenvalue weighted by atomic mass is 10.3. The lowest BCUT2D eigenvalue weighted by Crippen LogP contribution is -2.11. The molecule has 3 rings (SSSR count). The number of imidazole rings is 1. The molecule has 0 unspecified atom stereocenters. The number of fused-ring (bicyclic) bond motifs is 1. The lowest BCUT2D eigenvalue weighted by molar-refractivity contribution is 0.0995. The van der Waals surface area contributed by atoms with Gasteiger partial charge in [-0.15, -0.1) is 0 Å². The van der Waals surface area contributed by atoms with Crippen molar-refractivity contribution < 1.29 is 9.21 Å². The highest BCUT2D eigenvalue weighted by Gasteiger charge is 2.10. The molecule has 0 aliphatic rings. The van der Waals surface area contributed by atoms with Crippen LogP contribution >= 0.6 is 15.9 Å². The molecule has 0 saturated heterocycles. The van der Waals surface area contributed by atoms with Crippen molar-refractivity contribution in [3.05, 3.63) is 52.8 Å². The molecule has 0 spiro atoms. The van der Waals surface area contributed by atoms with E-state index in [-0.39, 0.29) is 5.91 Å². The molecule has 6 heteroatoms. The molecule has 0 atom stereocenters. The van der Waals surface area contributed by atoms with Gasteiger partial charge >= 0.3 is 0 Å². The van der Waals surface area contributed by atoms with E-state index in [1.54, 1.807) is 37.5 Å². The number of hydrogen-bond donors (Lipinski definition) is 1. The second-order valence-electron chi connectivity index (χ2n) is 4.09. The number of pyridine rings is 1. The van der Waals surface area contributed by atoms with E-state index in [0.29, 0.717) is 17.2 Å². The van der Waals surface area contributed by atoms with Crippen LogP contribution in [0.4, 0.5) is 5.69 Å². The summed E-state index contributed by atoms with van der Waals surface area (Å²) in [6.07, 6.45) is 3.50. The molecule has 96 valence electrons. The summed E-state index contributed by atoms with van der Waals surface area (Å²) >= 11 is 3.38. The zero-order valence-electron chi connectivity index (χ0n) is 10.1. The highest BCUT2D eigenvalue weighted by atomic mass is 79.9. The number of hydrogen-bond acceptors (Lipinski definition) is 3. The molecule has 3 heterocycles. The summed E-state index contributed by atoms with van der Waals surface area (Å²) in [6.45, 7) is 1.80. The number of nitrogens with one attached hydrogen (secondary N) is 1. The van der Waals surface area contributed by atoms with Gasteiger partial charge < -0.3 is 9.73 Å². The van der Waals surface area contributed by atoms with Gasteiger partial charge in [-0.25, -0.2) is 4.98 Å². The number of nitrogens with zero attached hydrogens (tertiary/aromatic N) is 2. The van der Waals surface area contributed by atoms with Crippen molar-refractivity contribution in [2.75, 3.05) is 5.32 Å². The van der Waals surface area contributed by atoms with Crippen molar-refractivity contribution in [2.24, 2.45) is 0 Å². The number of amides is 1. The van der Waals surface area contributed by atoms with Crippen molar-refractivity contribution in [1.29, 1.82) is 0 Å². The number of anilines is 1. The standard InChI is InChI=1S/C13H10BrN3O2/c1-8-2-4-10(19-8)13(18)16-9-3-5-12-15-6-11(14)17(12)7-9/h2-7H,1H3,(H,16,18). The predicted octanol–water partition coefficient (Wildman–Crippen LogP) is 3.25. The number of aryl methyl sites for hydroxylation is 1. The quantitative estimate of drug-likeness (QED) is 0.788. The topological polar surface area (TPSA) is 59.5 Å². The van der Waals surface area contributed by atoms with Gasteiger partial charge in [0.15, 0.2) is 5.76 Å². The van der Waals surface area contributed by atoms with Gasteiger partial charge in [-0.1, -0.05) is 0 Å². The van der Waals surface area contributed by atoms with Crippen molar-refractivity contribution in [3.63, 3.8) is 0 Å². The van der Waals surface area contributed by atoms with Gasteiger partial charge in [0.25, 0.3) is 5.91 Å². The molecule has 0 fully saturated rings. The fourth-order valence-corrected chi connectivity index (χ4v) is 2.16. The molecule has 1 N–H and O–H groups in total. The Kier molecular flexibility index (Phi) is 2.87. The summed E-state index contributed by atoms with van der Waals surface area (Å²) in [7, 11) is 0. The molecule has 0 aliphatic heterocycles. The summed E-state index contributed by atoms with van der Waals surface area (Å²) in [5.41, 5.74) is 1.48. The summed E-state index contributed by atoms with van der Waals surface area (Å²) in [6, 6.07) is 7.02. The minimum atomic E-state index is -0.274. The van der Waals surface area contributed by atoms with E-state index >= 15 is 0 Å². The maximum Gasteiger partial charge on any atom is 0.291 e. The van der Waals surface area contributed by atoms with Crippen LogP contribution in [0.25, 0.3) is 5.65 Å². The molecule has 3 aromatic rings. The first-order valence-electron chi connectivity index (χ1n) is 5.64. The minimum Gasteiger partial charge on any atom is -0.456 e. The number of aromatic nitrogens is 2. The van der Waals surface area contributed by atoms with E-state index in [0.717, 1.165) is 10.3 Å². The maximum atomic E-state index is 11.9. The van der Waals surface area contributed by atoms with Crippen molar-refractivity contribution in [2.45, 2.75) is 6.92 Å². The van der Waals surface area contributed by atoms with Crippen LogP contribution in [0.5, 0.6) is 0 Å². The Bertz CT molecular complexity index is 760. The fraction of sp³-hybridized carbons (Fsp3) is 0.0769. The Morgan fingerprint density at radius 1 is 1.37 bits per heavy atom. The van der Waals surface area contributed by atoms with Gasteiger partial charge in [0, 0.05) is 6.20 Å². The largest absolute Gasteiger partial charge is 0.456 e. The molecule has 5 nitrogen and oxygen atoms in total. The number of furan rings is 1. The predicted molar refractivity (Wildman–Crippen MR) is 74.3 cm³/mol. The smallest absolute Gasteiger partial charge is 0.291 e. The first-order chi connectivity index (χ1) is 9.13. The van der Waals surface area contributed by atoms with Gasteiger partial charge in [0.05, 0.1) is 11.9 Å². The Morgan fingerprint density at radius 3 is 2.95 bits per heavy atom. The monoisotopic (exact) mass is 319 g/mol. The highest BCUT2D eigenvalue weighted by molar-refractivity contribution is 9.10. The Labute approximate surface area is 117 Å². The van der Waals surface area contributed by atoms with Gasteiger partial charge in [0.2, 0.25) is 0 Å². The van der Waals surface area contributed by atoms with Crippen molar-refractivity contribution in [1.82, 2.24) is 9.38 Å². The molecule has 1 amide bonds. The summed E-state index contributed by atoms with van der Waals surface area (Å²) in [5, 5.41) is 2.78. The van der Waals surface area contributed by atoms with Gasteiger partial charge in [0.1, 0.15) is 16.0 Å². The Balaban J connectivity index is 1.88. The molecular weight excluding hydrogens is 310 g/mol. The first-order valence-corrected chi connectivity index (χ1v) is 6.43. The van der Waals surface area contributed by atoms with Crippen molar-refractivity contribution >= 4 is 33.2 Å². The Morgan fingerprint density at radius 2 is 2.21 bits per heavy atom. The third-order valence-electron chi connectivity index (χ3n) is 2.68. The van der Waals surface area contributed by atoms with E-state index in [2.05, 4.69) is 26.2 Å². The summed E-state index contributed by atoms with van der Waals surface area (Å²) < 4.78 is 7.94. The third-order valence-corrected chi connectivity index (χ3v) is 3.27. The summed E-state index contributed by atoms with van der Waals surface area (Å²) in [4.78, 5) is 16.1. The second-order valence-corrected chi connectivity index (χ2v) is 4.90. The molecular formula is C13H10BrN3O2. The molecule has 0 radical (unpaired) electrons. The van der Waals surface area contributed by atoms with Crippen LogP contribution in [-0.2, 0) is 0 Å². The zero-order chi connectivity index (χ0) is 13.4. The van der Waals surface area contributed by atoms with Crippen LogP contribution in [0, 0.1) is 6.92 Å². The van der Waals surface area contributed by atoms with Crippen molar-refractivity contribution in [3.8, 4) is 0 Å². The van der Waals surface area contributed by atoms with E-state index in [9.17, 15) is 4.79 Å². The van der Waals surface area contributed by atoms with E-state index < -0.39 is 0 Å². The Hall–Kier alpha value is -2.08. The zero-order valence-corrected chi connectivity index (χ0v) is 11.6. The van der Waals surface area contributed by atoms with Crippen LogP contribution < -0.4 is 5.32 Å². The average molecular weight is 320 g/mol. The molecule has 3 aromatic heterocycles. The van der Waals surface area contributed by atoms with Crippen LogP contribution in [0.3, 0.4) is 0 Å². The van der Waals surface area contributed by atoms with Crippen LogP contribution in [0.1, 0.15) is 16.3 Å². The summed E-state index contributed by atoms with van der Waals surface area (Å²) in [5.74, 6) is 0.726. The van der Waals surface area contributed by atoms with Gasteiger partial charge in [-0.3, -0.25) is 9.20 Å². The minimum absolute atomic E-state index is 0.274. The number of halogens is 1. The van der Waals surface area contributed by atoms with E-state index in [4.69, 9.17) is 4.42 Å². The van der Waals surface area contributed by atoms with Crippen LogP contribution in [0.15, 0.2) is 45.7 Å². The van der Waals surface area contributed by atoms with Gasteiger partial charge in [-0.2, -0.15) is 0 Å². The third kappa shape index (κ3) is 2.26. The highest BCUT2D eigenvalue weighted by Crippen LogP contribution is 2.17. The van der Waals surface area contributed by atoms with E-state index in [1.165, 1.54) is 0 Å². The normalized spacial score (nSPS) is 10.8. The van der Waals surface area contributed by atoms with Gasteiger partial charge in [-0.05, 0) is 47.1 Å². The number of rotatable bonds is 2. The lowest BCUT2D eigenvalue weighted by Gasteiger charge is -2.04. The second kappa shape index (κ2) is 4.55.